The van der Waals surface area contributed by atoms with Gasteiger partial charge in [-0.3, -0.25) is 0 Å². The number of aryl methyl sites for hydroxylation is 2. The molecule has 0 atom stereocenters. The maximum atomic E-state index is 6.78. The number of nitrogens with zero attached hydrogens (tertiary/aromatic N) is 3. The first-order chi connectivity index (χ1) is 26.8. The molecular formula is C49H31N3O2. The van der Waals surface area contributed by atoms with Gasteiger partial charge in [-0.05, 0) is 34.7 Å². The average molecular weight is 694 g/mol. The van der Waals surface area contributed by atoms with Crippen LogP contribution in [0, 0.1) is 0 Å². The number of benzene rings is 7. The van der Waals surface area contributed by atoms with Gasteiger partial charge in [0.15, 0.2) is 17.5 Å². The van der Waals surface area contributed by atoms with Crippen LogP contribution in [0.2, 0.25) is 0 Å². The first kappa shape index (κ1) is 30.5. The number of aromatic nitrogens is 3. The molecule has 54 heavy (non-hydrogen) atoms. The van der Waals surface area contributed by atoms with Gasteiger partial charge < -0.3 is 8.83 Å². The number of hydrogen-bond acceptors (Lipinski definition) is 5. The number of rotatable bonds is 5. The summed E-state index contributed by atoms with van der Waals surface area (Å²) in [6.45, 7) is 0. The second-order valence-corrected chi connectivity index (χ2v) is 13.8. The van der Waals surface area contributed by atoms with Crippen molar-refractivity contribution in [1.29, 1.82) is 0 Å². The minimum atomic E-state index is 0.587. The zero-order valence-corrected chi connectivity index (χ0v) is 29.2. The molecule has 5 heteroatoms. The van der Waals surface area contributed by atoms with Crippen LogP contribution in [0.15, 0.2) is 173 Å². The highest BCUT2D eigenvalue weighted by molar-refractivity contribution is 6.16. The summed E-state index contributed by atoms with van der Waals surface area (Å²) < 4.78 is 13.5. The van der Waals surface area contributed by atoms with Crippen LogP contribution >= 0.6 is 0 Å². The van der Waals surface area contributed by atoms with Crippen LogP contribution in [-0.4, -0.2) is 15.0 Å². The van der Waals surface area contributed by atoms with Crippen LogP contribution in [-0.2, 0) is 12.8 Å². The van der Waals surface area contributed by atoms with E-state index in [2.05, 4.69) is 115 Å². The third-order valence-corrected chi connectivity index (χ3v) is 10.7. The minimum absolute atomic E-state index is 0.587. The predicted octanol–water partition coefficient (Wildman–Crippen LogP) is 12.6. The zero-order valence-electron chi connectivity index (χ0n) is 29.2. The summed E-state index contributed by atoms with van der Waals surface area (Å²) in [4.78, 5) is 15.2. The monoisotopic (exact) mass is 693 g/mol. The van der Waals surface area contributed by atoms with Gasteiger partial charge in [0.05, 0.1) is 0 Å². The van der Waals surface area contributed by atoms with E-state index in [0.717, 1.165) is 90.5 Å². The van der Waals surface area contributed by atoms with Gasteiger partial charge in [-0.2, -0.15) is 0 Å². The first-order valence-corrected chi connectivity index (χ1v) is 18.3. The van der Waals surface area contributed by atoms with E-state index in [-0.39, 0.29) is 0 Å². The molecule has 10 aromatic rings. The lowest BCUT2D eigenvalue weighted by atomic mass is 9.88. The van der Waals surface area contributed by atoms with E-state index in [0.29, 0.717) is 17.5 Å². The normalized spacial score (nSPS) is 12.3. The fourth-order valence-electron chi connectivity index (χ4n) is 8.11. The van der Waals surface area contributed by atoms with Crippen molar-refractivity contribution in [2.24, 2.45) is 0 Å². The molecule has 0 fully saturated rings. The number of hydrogen-bond donors (Lipinski definition) is 0. The molecule has 0 N–H and O–H groups in total. The fraction of sp³-hybridized carbons (Fsp3) is 0.0408. The molecule has 0 radical (unpaired) electrons. The zero-order chi connectivity index (χ0) is 35.6. The largest absolute Gasteiger partial charge is 0.460 e. The molecule has 1 aliphatic rings. The van der Waals surface area contributed by atoms with E-state index in [1.807, 2.05) is 48.5 Å². The Labute approximate surface area is 311 Å². The third kappa shape index (κ3) is 4.90. The lowest BCUT2D eigenvalue weighted by Crippen LogP contribution is -2.00. The second kappa shape index (κ2) is 12.2. The quantitative estimate of drug-likeness (QED) is 0.179. The number of furan rings is 2. The molecule has 11 rings (SSSR count). The molecule has 3 aromatic heterocycles. The molecule has 0 amide bonds. The van der Waals surface area contributed by atoms with Crippen molar-refractivity contribution in [2.45, 2.75) is 12.8 Å². The molecule has 3 heterocycles. The second-order valence-electron chi connectivity index (χ2n) is 13.8. The topological polar surface area (TPSA) is 65.0 Å². The molecule has 0 saturated heterocycles. The Hall–Kier alpha value is -7.11. The molecule has 0 saturated carbocycles. The highest BCUT2D eigenvalue weighted by Gasteiger charge is 2.26. The maximum Gasteiger partial charge on any atom is 0.164 e. The molecule has 7 aromatic carbocycles. The van der Waals surface area contributed by atoms with E-state index >= 15 is 0 Å². The lowest BCUT2D eigenvalue weighted by molar-refractivity contribution is 0.546. The Morgan fingerprint density at radius 3 is 1.67 bits per heavy atom. The van der Waals surface area contributed by atoms with E-state index in [1.54, 1.807) is 0 Å². The van der Waals surface area contributed by atoms with Gasteiger partial charge >= 0.3 is 0 Å². The Balaban J connectivity index is 1.08. The van der Waals surface area contributed by atoms with Gasteiger partial charge in [0, 0.05) is 56.0 Å². The number of fused-ring (bicyclic) bond motifs is 8. The molecule has 0 spiro atoms. The minimum Gasteiger partial charge on any atom is -0.460 e. The summed E-state index contributed by atoms with van der Waals surface area (Å²) in [6, 6.07) is 56.5. The smallest absolute Gasteiger partial charge is 0.164 e. The van der Waals surface area contributed by atoms with Crippen molar-refractivity contribution in [3.05, 3.63) is 175 Å². The Morgan fingerprint density at radius 2 is 0.907 bits per heavy atom. The summed E-state index contributed by atoms with van der Waals surface area (Å²) in [6.07, 6.45) is 1.86. The molecule has 1 aliphatic carbocycles. The fourth-order valence-corrected chi connectivity index (χ4v) is 8.11. The summed E-state index contributed by atoms with van der Waals surface area (Å²) in [5.74, 6) is 2.86. The van der Waals surface area contributed by atoms with Crippen molar-refractivity contribution in [2.75, 3.05) is 0 Å². The lowest BCUT2D eigenvalue weighted by Gasteiger charge is -2.14. The summed E-state index contributed by atoms with van der Waals surface area (Å²) in [5.41, 5.74) is 13.3. The van der Waals surface area contributed by atoms with E-state index < -0.39 is 0 Å². The maximum absolute atomic E-state index is 6.78. The Kier molecular flexibility index (Phi) is 6.92. The van der Waals surface area contributed by atoms with Crippen LogP contribution in [0.25, 0.3) is 100 Å². The van der Waals surface area contributed by atoms with Gasteiger partial charge in [-0.15, -0.1) is 0 Å². The van der Waals surface area contributed by atoms with Gasteiger partial charge in [0.2, 0.25) is 0 Å². The van der Waals surface area contributed by atoms with Crippen molar-refractivity contribution in [3.63, 3.8) is 0 Å². The van der Waals surface area contributed by atoms with Crippen LogP contribution in [0.3, 0.4) is 0 Å². The predicted molar refractivity (Wildman–Crippen MR) is 217 cm³/mol. The summed E-state index contributed by atoms with van der Waals surface area (Å²) in [7, 11) is 0. The first-order valence-electron chi connectivity index (χ1n) is 18.3. The van der Waals surface area contributed by atoms with Gasteiger partial charge in [-0.1, -0.05) is 158 Å². The summed E-state index contributed by atoms with van der Waals surface area (Å²) in [5, 5.41) is 3.09. The standard InChI is InChI=1S/C49H31N3O2/c1-3-12-30(13-4-1)31-24-26-34(27-25-31)48-50-47(33-15-5-2-6-16-33)51-49(52-48)40-22-11-23-41-44(40)39-21-10-19-37(46(39)53-41)36-18-9-20-38-43-35-17-8-7-14-32(35)28-29-42(43)54-45(36)38/h1-27H,28-29H2. The van der Waals surface area contributed by atoms with Crippen molar-refractivity contribution >= 4 is 32.9 Å². The molecule has 254 valence electrons. The highest BCUT2D eigenvalue weighted by atomic mass is 16.3. The third-order valence-electron chi connectivity index (χ3n) is 10.7. The van der Waals surface area contributed by atoms with E-state index in [9.17, 15) is 0 Å². The molecule has 0 bridgehead atoms. The SMILES string of the molecule is c1ccc(-c2ccc(-c3nc(-c4ccccc4)nc(-c4cccc5oc6c(-c7cccc8c9c(oc78)CCc7ccccc7-9)cccc6c45)n3)cc2)cc1. The van der Waals surface area contributed by atoms with E-state index in [4.69, 9.17) is 23.8 Å². The summed E-state index contributed by atoms with van der Waals surface area (Å²) >= 11 is 0. The van der Waals surface area contributed by atoms with Gasteiger partial charge in [-0.25, -0.2) is 15.0 Å². The highest BCUT2D eigenvalue weighted by Crippen LogP contribution is 2.46. The Morgan fingerprint density at radius 1 is 0.370 bits per heavy atom. The van der Waals surface area contributed by atoms with Crippen LogP contribution in [0.5, 0.6) is 0 Å². The van der Waals surface area contributed by atoms with Crippen LogP contribution in [0.4, 0.5) is 0 Å². The Bertz CT molecular complexity index is 3030. The molecule has 0 unspecified atom stereocenters. The molecule has 0 aliphatic heterocycles. The van der Waals surface area contributed by atoms with Gasteiger partial charge in [0.1, 0.15) is 22.5 Å². The van der Waals surface area contributed by atoms with Crippen molar-refractivity contribution in [1.82, 2.24) is 15.0 Å². The van der Waals surface area contributed by atoms with Gasteiger partial charge in [0.25, 0.3) is 0 Å². The van der Waals surface area contributed by atoms with Crippen molar-refractivity contribution < 1.29 is 8.83 Å². The average Bonchev–Trinajstić information content (AvgIpc) is 3.83. The molecule has 5 nitrogen and oxygen atoms in total. The van der Waals surface area contributed by atoms with Crippen LogP contribution in [0.1, 0.15) is 11.3 Å². The van der Waals surface area contributed by atoms with E-state index in [1.165, 1.54) is 16.7 Å². The van der Waals surface area contributed by atoms with Crippen molar-refractivity contribution in [3.8, 4) is 67.5 Å². The van der Waals surface area contributed by atoms with Crippen LogP contribution < -0.4 is 0 Å². The number of para-hydroxylation sites is 2. The molecular weight excluding hydrogens is 663 g/mol.